The second-order valence-corrected chi connectivity index (χ2v) is 6.63. The highest BCUT2D eigenvalue weighted by atomic mass is 16.5. The molecule has 0 bridgehead atoms. The summed E-state index contributed by atoms with van der Waals surface area (Å²) in [6.45, 7) is 8.41. The highest BCUT2D eigenvalue weighted by Crippen LogP contribution is 2.20. The van der Waals surface area contributed by atoms with Crippen LogP contribution in [0.15, 0.2) is 48.5 Å². The third kappa shape index (κ3) is 7.21. The first-order valence-electron chi connectivity index (χ1n) is 9.57. The zero-order valence-corrected chi connectivity index (χ0v) is 16.6. The maximum absolute atomic E-state index is 12.2. The van der Waals surface area contributed by atoms with Crippen molar-refractivity contribution in [1.29, 1.82) is 0 Å². The molecule has 0 aliphatic heterocycles. The zero-order valence-electron chi connectivity index (χ0n) is 16.6. The van der Waals surface area contributed by atoms with Crippen LogP contribution in [0.1, 0.15) is 40.5 Å². The van der Waals surface area contributed by atoms with Crippen LogP contribution in [0.2, 0.25) is 0 Å². The Hall–Kier alpha value is -2.69. The number of hydrogen-bond donors (Lipinski definition) is 2. The summed E-state index contributed by atoms with van der Waals surface area (Å²) in [5.74, 6) is 1.47. The second-order valence-electron chi connectivity index (χ2n) is 6.63. The van der Waals surface area contributed by atoms with Gasteiger partial charge in [0.15, 0.2) is 0 Å². The molecule has 5 nitrogen and oxygen atoms in total. The molecule has 0 heterocycles. The van der Waals surface area contributed by atoms with Crippen molar-refractivity contribution in [3.05, 3.63) is 48.5 Å². The summed E-state index contributed by atoms with van der Waals surface area (Å²) in [5.41, 5.74) is 1.59. The van der Waals surface area contributed by atoms with Crippen LogP contribution in [0, 0.1) is 0 Å². The number of benzene rings is 2. The molecule has 0 saturated carbocycles. The third-order valence-electron chi connectivity index (χ3n) is 4.25. The van der Waals surface area contributed by atoms with Crippen LogP contribution in [0.5, 0.6) is 11.5 Å². The van der Waals surface area contributed by atoms with Crippen molar-refractivity contribution in [1.82, 2.24) is 0 Å². The van der Waals surface area contributed by atoms with Gasteiger partial charge in [0.25, 0.3) is 0 Å². The molecule has 1 amide bonds. The topological polar surface area (TPSA) is 59.6 Å². The maximum Gasteiger partial charge on any atom is 0.243 e. The number of ether oxygens (including phenoxy) is 2. The van der Waals surface area contributed by atoms with Gasteiger partial charge >= 0.3 is 0 Å². The summed E-state index contributed by atoms with van der Waals surface area (Å²) in [6, 6.07) is 15.1. The molecule has 2 N–H and O–H groups in total. The Bertz CT molecular complexity index is 716. The second kappa shape index (κ2) is 10.5. The fraction of sp³-hybridized carbons (Fsp3) is 0.409. The lowest BCUT2D eigenvalue weighted by atomic mass is 10.2. The molecule has 27 heavy (non-hydrogen) atoms. The smallest absolute Gasteiger partial charge is 0.243 e. The van der Waals surface area contributed by atoms with Crippen LogP contribution in [-0.4, -0.2) is 24.7 Å². The van der Waals surface area contributed by atoms with Crippen LogP contribution in [0.4, 0.5) is 11.4 Å². The summed E-state index contributed by atoms with van der Waals surface area (Å²) in [7, 11) is 0. The molecule has 2 aromatic rings. The molecule has 2 atom stereocenters. The average Bonchev–Trinajstić information content (AvgIpc) is 2.67. The lowest BCUT2D eigenvalue weighted by Gasteiger charge is -2.14. The van der Waals surface area contributed by atoms with E-state index in [0.717, 1.165) is 35.7 Å². The first-order chi connectivity index (χ1) is 13.0. The van der Waals surface area contributed by atoms with E-state index in [4.69, 9.17) is 9.47 Å². The summed E-state index contributed by atoms with van der Waals surface area (Å²) in [6.07, 6.45) is 2.23. The van der Waals surface area contributed by atoms with Crippen LogP contribution in [-0.2, 0) is 4.79 Å². The number of amides is 1. The van der Waals surface area contributed by atoms with E-state index in [1.165, 1.54) is 0 Å². The van der Waals surface area contributed by atoms with Crippen LogP contribution in [0.3, 0.4) is 0 Å². The largest absolute Gasteiger partial charge is 0.491 e. The van der Waals surface area contributed by atoms with Crippen molar-refractivity contribution >= 4 is 17.3 Å². The molecule has 0 aliphatic carbocycles. The van der Waals surface area contributed by atoms with Gasteiger partial charge in [0.2, 0.25) is 5.91 Å². The summed E-state index contributed by atoms with van der Waals surface area (Å²) < 4.78 is 11.5. The predicted octanol–water partition coefficient (Wildman–Crippen LogP) is 5.09. The molecule has 0 aliphatic rings. The van der Waals surface area contributed by atoms with Crippen molar-refractivity contribution < 1.29 is 14.3 Å². The average molecular weight is 370 g/mol. The van der Waals surface area contributed by atoms with Crippen LogP contribution < -0.4 is 20.1 Å². The van der Waals surface area contributed by atoms with E-state index >= 15 is 0 Å². The normalized spacial score (nSPS) is 12.7. The summed E-state index contributed by atoms with van der Waals surface area (Å²) in [4.78, 5) is 12.2. The Morgan fingerprint density at radius 3 is 2.15 bits per heavy atom. The van der Waals surface area contributed by atoms with Gasteiger partial charge in [-0.1, -0.05) is 19.9 Å². The Morgan fingerprint density at radius 1 is 0.889 bits per heavy atom. The zero-order chi connectivity index (χ0) is 19.6. The van der Waals surface area contributed by atoms with Gasteiger partial charge in [-0.15, -0.1) is 0 Å². The molecule has 0 saturated heterocycles. The quantitative estimate of drug-likeness (QED) is 0.611. The molecule has 2 unspecified atom stereocenters. The lowest BCUT2D eigenvalue weighted by Crippen LogP contribution is -2.21. The first-order valence-corrected chi connectivity index (χ1v) is 9.57. The van der Waals surface area contributed by atoms with Gasteiger partial charge in [-0.3, -0.25) is 4.79 Å². The molecule has 2 aromatic carbocycles. The Kier molecular flexibility index (Phi) is 7.99. The monoisotopic (exact) mass is 370 g/mol. The highest BCUT2D eigenvalue weighted by molar-refractivity contribution is 5.93. The standard InChI is InChI=1S/C22H30N2O3/c1-5-16(3)26-20-12-10-18(11-13-20)23-15-22(25)24-19-8-7-9-21(14-19)27-17(4)6-2/h7-14,16-17,23H,5-6,15H2,1-4H3,(H,24,25). The van der Waals surface area contributed by atoms with E-state index < -0.39 is 0 Å². The van der Waals surface area contributed by atoms with E-state index in [0.29, 0.717) is 0 Å². The van der Waals surface area contributed by atoms with Gasteiger partial charge < -0.3 is 20.1 Å². The lowest BCUT2D eigenvalue weighted by molar-refractivity contribution is -0.114. The van der Waals surface area contributed by atoms with Crippen LogP contribution in [0.25, 0.3) is 0 Å². The van der Waals surface area contributed by atoms with Crippen molar-refractivity contribution in [3.8, 4) is 11.5 Å². The molecular weight excluding hydrogens is 340 g/mol. The van der Waals surface area contributed by atoms with Gasteiger partial charge in [-0.2, -0.15) is 0 Å². The fourth-order valence-electron chi connectivity index (χ4n) is 2.32. The Balaban J connectivity index is 1.83. The number of hydrogen-bond acceptors (Lipinski definition) is 4. The van der Waals surface area contributed by atoms with Crippen molar-refractivity contribution in [2.45, 2.75) is 52.7 Å². The summed E-state index contributed by atoms with van der Waals surface area (Å²) in [5, 5.41) is 6.00. The maximum atomic E-state index is 12.2. The minimum absolute atomic E-state index is 0.115. The van der Waals surface area contributed by atoms with Gasteiger partial charge in [0.05, 0.1) is 18.8 Å². The molecule has 5 heteroatoms. The number of nitrogens with one attached hydrogen (secondary N) is 2. The molecule has 0 radical (unpaired) electrons. The van der Waals surface area contributed by atoms with E-state index in [9.17, 15) is 4.79 Å². The number of carbonyl (C=O) groups is 1. The minimum atomic E-state index is -0.115. The molecule has 0 fully saturated rings. The van der Waals surface area contributed by atoms with Gasteiger partial charge in [0.1, 0.15) is 11.5 Å². The van der Waals surface area contributed by atoms with E-state index in [-0.39, 0.29) is 24.7 Å². The SMILES string of the molecule is CCC(C)Oc1ccc(NCC(=O)Nc2cccc(OC(C)CC)c2)cc1. The third-order valence-corrected chi connectivity index (χ3v) is 4.25. The minimum Gasteiger partial charge on any atom is -0.491 e. The molecular formula is C22H30N2O3. The van der Waals surface area contributed by atoms with Crippen molar-refractivity contribution in [2.75, 3.05) is 17.2 Å². The van der Waals surface area contributed by atoms with Gasteiger partial charge in [0, 0.05) is 17.4 Å². The van der Waals surface area contributed by atoms with E-state index in [1.807, 2.05) is 62.4 Å². The molecule has 146 valence electrons. The van der Waals surface area contributed by atoms with E-state index in [1.54, 1.807) is 0 Å². The molecule has 2 rings (SSSR count). The molecule has 0 aromatic heterocycles. The predicted molar refractivity (Wildman–Crippen MR) is 111 cm³/mol. The summed E-state index contributed by atoms with van der Waals surface area (Å²) >= 11 is 0. The number of carbonyl (C=O) groups excluding carboxylic acids is 1. The number of rotatable bonds is 10. The Morgan fingerprint density at radius 2 is 1.52 bits per heavy atom. The van der Waals surface area contributed by atoms with Gasteiger partial charge in [-0.25, -0.2) is 0 Å². The first kappa shape index (κ1) is 20.6. The highest BCUT2D eigenvalue weighted by Gasteiger charge is 2.06. The molecule has 0 spiro atoms. The Labute approximate surface area is 162 Å². The number of anilines is 2. The van der Waals surface area contributed by atoms with Crippen molar-refractivity contribution in [3.63, 3.8) is 0 Å². The fourth-order valence-corrected chi connectivity index (χ4v) is 2.32. The van der Waals surface area contributed by atoms with E-state index in [2.05, 4.69) is 24.5 Å². The van der Waals surface area contributed by atoms with Crippen LogP contribution >= 0.6 is 0 Å². The van der Waals surface area contributed by atoms with Gasteiger partial charge in [-0.05, 0) is 63.1 Å². The van der Waals surface area contributed by atoms with Crippen molar-refractivity contribution in [2.24, 2.45) is 0 Å².